The number of carbonyl (C=O) groups excluding carboxylic acids is 3. The van der Waals surface area contributed by atoms with Gasteiger partial charge in [-0.1, -0.05) is 73.4 Å². The summed E-state index contributed by atoms with van der Waals surface area (Å²) in [6.07, 6.45) is 1.57. The van der Waals surface area contributed by atoms with Gasteiger partial charge in [-0.15, -0.1) is 0 Å². The molecule has 0 aromatic heterocycles. The van der Waals surface area contributed by atoms with Gasteiger partial charge in [0.1, 0.15) is 10.7 Å². The molecule has 1 aliphatic rings. The van der Waals surface area contributed by atoms with Crippen LogP contribution in [0.15, 0.2) is 77.5 Å². The van der Waals surface area contributed by atoms with Crippen LogP contribution in [0.1, 0.15) is 35.3 Å². The Morgan fingerprint density at radius 3 is 2.17 bits per heavy atom. The van der Waals surface area contributed by atoms with Crippen molar-refractivity contribution < 1.29 is 14.4 Å². The van der Waals surface area contributed by atoms with E-state index in [1.807, 2.05) is 32.0 Å². The van der Waals surface area contributed by atoms with Crippen LogP contribution in [0.3, 0.4) is 0 Å². The first-order valence-electron chi connectivity index (χ1n) is 11.2. The van der Waals surface area contributed by atoms with E-state index in [9.17, 15) is 14.4 Å². The van der Waals surface area contributed by atoms with Crippen LogP contribution in [-0.4, -0.2) is 17.7 Å². The zero-order valence-corrected chi connectivity index (χ0v) is 20.7. The Hall–Kier alpha value is -3.61. The Morgan fingerprint density at radius 1 is 0.857 bits per heavy atom. The lowest BCUT2D eigenvalue weighted by molar-refractivity contribution is -0.120. The molecule has 0 fully saturated rings. The van der Waals surface area contributed by atoms with Crippen LogP contribution in [0.5, 0.6) is 0 Å². The second kappa shape index (κ2) is 10.3. The molecule has 4 rings (SSSR count). The molecule has 0 saturated carbocycles. The van der Waals surface area contributed by atoms with Crippen LogP contribution in [-0.2, 0) is 22.4 Å². The fraction of sp³-hybridized carbons (Fsp3) is 0.148. The van der Waals surface area contributed by atoms with Gasteiger partial charge in [0, 0.05) is 16.9 Å². The minimum absolute atomic E-state index is 0.0845. The Balaban J connectivity index is 1.58. The fourth-order valence-corrected chi connectivity index (χ4v) is 4.37. The molecule has 0 unspecified atom stereocenters. The van der Waals surface area contributed by atoms with Gasteiger partial charge < -0.3 is 10.6 Å². The lowest BCUT2D eigenvalue weighted by Crippen LogP contribution is -2.32. The molecule has 6 nitrogen and oxygen atoms in total. The molecule has 0 aliphatic carbocycles. The predicted octanol–water partition coefficient (Wildman–Crippen LogP) is 6.15. The topological polar surface area (TPSA) is 78.5 Å². The number of rotatable bonds is 7. The molecule has 178 valence electrons. The second-order valence-corrected chi connectivity index (χ2v) is 8.69. The number of para-hydroxylation sites is 2. The van der Waals surface area contributed by atoms with Crippen molar-refractivity contribution in [3.8, 4) is 0 Å². The van der Waals surface area contributed by atoms with Gasteiger partial charge in [0.25, 0.3) is 17.7 Å². The number of anilines is 3. The number of hydrogen-bond donors (Lipinski definition) is 2. The monoisotopic (exact) mass is 507 g/mol. The van der Waals surface area contributed by atoms with Crippen LogP contribution < -0.4 is 15.5 Å². The molecule has 1 aliphatic heterocycles. The maximum atomic E-state index is 13.1. The predicted molar refractivity (Wildman–Crippen MR) is 140 cm³/mol. The van der Waals surface area contributed by atoms with Crippen molar-refractivity contribution in [3.63, 3.8) is 0 Å². The molecule has 3 aromatic rings. The summed E-state index contributed by atoms with van der Waals surface area (Å²) < 4.78 is 0. The summed E-state index contributed by atoms with van der Waals surface area (Å²) in [5.41, 5.74) is 3.91. The van der Waals surface area contributed by atoms with Crippen molar-refractivity contribution in [2.24, 2.45) is 0 Å². The molecule has 3 aromatic carbocycles. The highest BCUT2D eigenvalue weighted by Gasteiger charge is 2.39. The first kappa shape index (κ1) is 24.5. The molecule has 1 heterocycles. The van der Waals surface area contributed by atoms with E-state index in [2.05, 4.69) is 10.6 Å². The lowest BCUT2D eigenvalue weighted by atomic mass is 10.0. The minimum atomic E-state index is -0.676. The van der Waals surface area contributed by atoms with Crippen LogP contribution in [0.25, 0.3) is 0 Å². The summed E-state index contributed by atoms with van der Waals surface area (Å²) in [5.74, 6) is -1.59. The van der Waals surface area contributed by atoms with Gasteiger partial charge in [0.15, 0.2) is 0 Å². The lowest BCUT2D eigenvalue weighted by Gasteiger charge is -2.16. The van der Waals surface area contributed by atoms with Crippen LogP contribution in [0.4, 0.5) is 17.1 Å². The molecule has 0 atom stereocenters. The third kappa shape index (κ3) is 4.81. The molecule has 35 heavy (non-hydrogen) atoms. The van der Waals surface area contributed by atoms with Crippen molar-refractivity contribution in [2.75, 3.05) is 15.5 Å². The summed E-state index contributed by atoms with van der Waals surface area (Å²) in [7, 11) is 0. The number of benzene rings is 3. The van der Waals surface area contributed by atoms with Crippen molar-refractivity contribution in [1.82, 2.24) is 0 Å². The number of amides is 3. The van der Waals surface area contributed by atoms with E-state index in [-0.39, 0.29) is 27.3 Å². The van der Waals surface area contributed by atoms with E-state index in [0.29, 0.717) is 11.3 Å². The SMILES string of the molecule is CCc1cccc(CC)c1NC(=O)c1cccc(NC2=C(Cl)C(=O)N(c3ccccc3Cl)C2=O)c1. The molecule has 0 saturated heterocycles. The number of aryl methyl sites for hydroxylation is 2. The maximum Gasteiger partial charge on any atom is 0.283 e. The van der Waals surface area contributed by atoms with Gasteiger partial charge in [0.2, 0.25) is 0 Å². The Bertz CT molecular complexity index is 1350. The van der Waals surface area contributed by atoms with E-state index in [0.717, 1.165) is 34.6 Å². The molecular weight excluding hydrogens is 485 g/mol. The van der Waals surface area contributed by atoms with Gasteiger partial charge in [0.05, 0.1) is 10.7 Å². The van der Waals surface area contributed by atoms with Gasteiger partial charge in [-0.2, -0.15) is 0 Å². The minimum Gasteiger partial charge on any atom is -0.350 e. The van der Waals surface area contributed by atoms with E-state index in [1.54, 1.807) is 48.5 Å². The quantitative estimate of drug-likeness (QED) is 0.375. The van der Waals surface area contributed by atoms with Gasteiger partial charge >= 0.3 is 0 Å². The summed E-state index contributed by atoms with van der Waals surface area (Å²) >= 11 is 12.4. The number of nitrogens with one attached hydrogen (secondary N) is 2. The smallest absolute Gasteiger partial charge is 0.283 e. The average molecular weight is 508 g/mol. The zero-order chi connectivity index (χ0) is 25.1. The standard InChI is InChI=1S/C27H23Cl2N3O3/c1-3-16-9-7-10-17(4-2)23(16)31-25(33)18-11-8-12-19(15-18)30-24-22(29)26(34)32(27(24)35)21-14-6-5-13-20(21)28/h5-15,30H,3-4H2,1-2H3,(H,31,33). The molecule has 2 N–H and O–H groups in total. The number of halogens is 2. The summed E-state index contributed by atoms with van der Waals surface area (Å²) in [6, 6.07) is 19.1. The summed E-state index contributed by atoms with van der Waals surface area (Å²) in [6.45, 7) is 4.08. The van der Waals surface area contributed by atoms with Gasteiger partial charge in [-0.25, -0.2) is 4.90 Å². The summed E-state index contributed by atoms with van der Waals surface area (Å²) in [4.78, 5) is 39.8. The van der Waals surface area contributed by atoms with Crippen molar-refractivity contribution >= 4 is 58.0 Å². The molecule has 0 bridgehead atoms. The van der Waals surface area contributed by atoms with Crippen LogP contribution >= 0.6 is 23.2 Å². The Kier molecular flexibility index (Phi) is 7.24. The first-order chi connectivity index (χ1) is 16.8. The highest BCUT2D eigenvalue weighted by atomic mass is 35.5. The Morgan fingerprint density at radius 2 is 1.51 bits per heavy atom. The van der Waals surface area contributed by atoms with Crippen LogP contribution in [0, 0.1) is 0 Å². The number of imide groups is 1. The molecule has 3 amide bonds. The van der Waals surface area contributed by atoms with Gasteiger partial charge in [-0.05, 0) is 54.3 Å². The van der Waals surface area contributed by atoms with Crippen molar-refractivity contribution in [2.45, 2.75) is 26.7 Å². The maximum absolute atomic E-state index is 13.1. The molecular formula is C27H23Cl2N3O3. The Labute approximate surface area is 213 Å². The van der Waals surface area contributed by atoms with E-state index in [4.69, 9.17) is 23.2 Å². The molecule has 0 radical (unpaired) electrons. The highest BCUT2D eigenvalue weighted by Crippen LogP contribution is 2.34. The second-order valence-electron chi connectivity index (χ2n) is 7.90. The third-order valence-corrected chi connectivity index (χ3v) is 6.42. The first-order valence-corrected chi connectivity index (χ1v) is 11.9. The third-order valence-electron chi connectivity index (χ3n) is 5.75. The zero-order valence-electron chi connectivity index (χ0n) is 19.2. The van der Waals surface area contributed by atoms with Crippen molar-refractivity contribution in [3.05, 3.63) is 99.2 Å². The highest BCUT2D eigenvalue weighted by molar-refractivity contribution is 6.53. The number of hydrogen-bond acceptors (Lipinski definition) is 4. The largest absolute Gasteiger partial charge is 0.350 e. The average Bonchev–Trinajstić information content (AvgIpc) is 3.07. The van der Waals surface area contributed by atoms with Gasteiger partial charge in [-0.3, -0.25) is 14.4 Å². The summed E-state index contributed by atoms with van der Waals surface area (Å²) in [5, 5.41) is 5.93. The molecule has 8 heteroatoms. The number of nitrogens with zero attached hydrogens (tertiary/aromatic N) is 1. The van der Waals surface area contributed by atoms with E-state index in [1.165, 1.54) is 0 Å². The number of carbonyl (C=O) groups is 3. The van der Waals surface area contributed by atoms with Crippen LogP contribution in [0.2, 0.25) is 5.02 Å². The van der Waals surface area contributed by atoms with E-state index >= 15 is 0 Å². The van der Waals surface area contributed by atoms with Crippen molar-refractivity contribution in [1.29, 1.82) is 0 Å². The normalized spacial score (nSPS) is 13.4. The fourth-order valence-electron chi connectivity index (χ4n) is 3.93. The molecule has 0 spiro atoms. The van der Waals surface area contributed by atoms with E-state index < -0.39 is 11.8 Å².